The molecule has 2 aliphatic heterocycles. The molecule has 0 saturated carbocycles. The first-order valence-corrected chi connectivity index (χ1v) is 4.65. The van der Waals surface area contributed by atoms with Gasteiger partial charge in [-0.25, -0.2) is 4.99 Å². The Balaban J connectivity index is 2.06. The van der Waals surface area contributed by atoms with E-state index >= 15 is 0 Å². The van der Waals surface area contributed by atoms with Gasteiger partial charge in [-0.05, 0) is 11.5 Å². The van der Waals surface area contributed by atoms with Crippen LogP contribution in [0.25, 0.3) is 0 Å². The van der Waals surface area contributed by atoms with Crippen LogP contribution in [0.3, 0.4) is 0 Å². The Morgan fingerprint density at radius 2 is 2.50 bits per heavy atom. The Morgan fingerprint density at radius 1 is 1.50 bits per heavy atom. The fraction of sp³-hybridized carbons (Fsp3) is 0.250. The quantitative estimate of drug-likeness (QED) is 0.661. The van der Waals surface area contributed by atoms with E-state index in [9.17, 15) is 0 Å². The van der Waals surface area contributed by atoms with Crippen molar-refractivity contribution in [2.45, 2.75) is 0 Å². The van der Waals surface area contributed by atoms with Gasteiger partial charge in [0.15, 0.2) is 0 Å². The molecule has 2 heterocycles. The number of rotatable bonds is 1. The van der Waals surface area contributed by atoms with Crippen LogP contribution in [0.4, 0.5) is 0 Å². The summed E-state index contributed by atoms with van der Waals surface area (Å²) in [4.78, 5) is 4.22. The zero-order valence-electron chi connectivity index (χ0n) is 6.49. The maximum absolute atomic E-state index is 5.33. The van der Waals surface area contributed by atoms with Crippen LogP contribution in [-0.4, -0.2) is 18.2 Å². The first kappa shape index (κ1) is 8.04. The average Bonchev–Trinajstić information content (AvgIpc) is 2.48. The lowest BCUT2D eigenvalue weighted by molar-refractivity contribution is 0.230. The van der Waals surface area contributed by atoms with Crippen LogP contribution in [-0.2, 0) is 4.74 Å². The highest BCUT2D eigenvalue weighted by Crippen LogP contribution is 2.19. The molecular formula is C8H9N2OS. The molecule has 1 radical (unpaired) electrons. The summed E-state index contributed by atoms with van der Waals surface area (Å²) in [7, 11) is 0. The minimum absolute atomic E-state index is 0.738. The van der Waals surface area contributed by atoms with E-state index in [2.05, 4.69) is 10.3 Å². The van der Waals surface area contributed by atoms with E-state index in [1.54, 1.807) is 18.0 Å². The van der Waals surface area contributed by atoms with Gasteiger partial charge in [0.05, 0.1) is 6.61 Å². The summed E-state index contributed by atoms with van der Waals surface area (Å²) >= 11 is 1.56. The summed E-state index contributed by atoms with van der Waals surface area (Å²) in [5, 5.41) is 6.01. The van der Waals surface area contributed by atoms with Gasteiger partial charge < -0.3 is 4.74 Å². The zero-order valence-corrected chi connectivity index (χ0v) is 7.30. The highest BCUT2D eigenvalue weighted by molar-refractivity contribution is 8.16. The van der Waals surface area contributed by atoms with E-state index in [1.807, 2.05) is 17.6 Å². The van der Waals surface area contributed by atoms with Crippen molar-refractivity contribution in [3.05, 3.63) is 30.0 Å². The topological polar surface area (TPSA) is 33.6 Å². The van der Waals surface area contributed by atoms with Crippen LogP contribution in [0.15, 0.2) is 28.8 Å². The average molecular weight is 181 g/mol. The largest absolute Gasteiger partial charge is 0.349 e. The van der Waals surface area contributed by atoms with E-state index in [0.717, 1.165) is 24.4 Å². The summed E-state index contributed by atoms with van der Waals surface area (Å²) in [5.41, 5.74) is 0. The molecule has 0 unspecified atom stereocenters. The SMILES string of the molecule is C1=CN=C([C]2NCCO2)SC=C1. The van der Waals surface area contributed by atoms with Crippen LogP contribution >= 0.6 is 11.8 Å². The number of nitrogens with one attached hydrogen (secondary N) is 1. The third-order valence-corrected chi connectivity index (χ3v) is 2.28. The molecule has 12 heavy (non-hydrogen) atoms. The molecule has 2 rings (SSSR count). The number of hydrogen-bond acceptors (Lipinski definition) is 4. The van der Waals surface area contributed by atoms with Gasteiger partial charge in [-0.1, -0.05) is 17.8 Å². The lowest BCUT2D eigenvalue weighted by atomic mass is 10.6. The first-order valence-electron chi connectivity index (χ1n) is 3.77. The van der Waals surface area contributed by atoms with Crippen molar-refractivity contribution in [2.75, 3.05) is 13.2 Å². The van der Waals surface area contributed by atoms with Gasteiger partial charge >= 0.3 is 0 Å². The van der Waals surface area contributed by atoms with Gasteiger partial charge in [-0.2, -0.15) is 0 Å². The fourth-order valence-corrected chi connectivity index (χ4v) is 1.62. The van der Waals surface area contributed by atoms with E-state index in [0.29, 0.717) is 0 Å². The van der Waals surface area contributed by atoms with Crippen LogP contribution in [0.5, 0.6) is 0 Å². The van der Waals surface area contributed by atoms with Crippen molar-refractivity contribution in [1.29, 1.82) is 0 Å². The lowest BCUT2D eigenvalue weighted by Crippen LogP contribution is -2.20. The smallest absolute Gasteiger partial charge is 0.218 e. The predicted molar refractivity (Wildman–Crippen MR) is 50.5 cm³/mol. The lowest BCUT2D eigenvalue weighted by Gasteiger charge is -2.07. The van der Waals surface area contributed by atoms with Crippen molar-refractivity contribution in [1.82, 2.24) is 5.32 Å². The van der Waals surface area contributed by atoms with E-state index in [1.165, 1.54) is 0 Å². The standard InChI is InChI=1S/C8H9N2OS/c1-2-6-12-8(10-3-1)7-9-4-5-11-7/h1-3,6,9H,4-5H2. The van der Waals surface area contributed by atoms with Crippen LogP contribution < -0.4 is 5.32 Å². The Labute approximate surface area is 75.6 Å². The van der Waals surface area contributed by atoms with Gasteiger partial charge in [-0.15, -0.1) is 0 Å². The Hall–Kier alpha value is -0.580. The third-order valence-electron chi connectivity index (χ3n) is 1.48. The molecule has 0 amide bonds. The molecule has 3 nitrogen and oxygen atoms in total. The molecule has 0 spiro atoms. The molecule has 0 aliphatic carbocycles. The third kappa shape index (κ3) is 1.77. The molecule has 63 valence electrons. The molecule has 1 fully saturated rings. The molecule has 0 aromatic heterocycles. The van der Waals surface area contributed by atoms with Crippen molar-refractivity contribution < 1.29 is 4.74 Å². The molecule has 1 N–H and O–H groups in total. The molecule has 1 saturated heterocycles. The van der Waals surface area contributed by atoms with Crippen molar-refractivity contribution in [3.8, 4) is 0 Å². The number of thioether (sulfide) groups is 1. The number of hydrogen-bond donors (Lipinski definition) is 1. The van der Waals surface area contributed by atoms with Gasteiger partial charge in [-0.3, -0.25) is 5.32 Å². The summed E-state index contributed by atoms with van der Waals surface area (Å²) in [6, 6.07) is 0. The summed E-state index contributed by atoms with van der Waals surface area (Å²) in [6.45, 7) is 1.62. The molecule has 0 aromatic rings. The molecular weight excluding hydrogens is 172 g/mol. The maximum atomic E-state index is 5.33. The van der Waals surface area contributed by atoms with Crippen LogP contribution in [0, 0.1) is 6.23 Å². The molecule has 2 aliphatic rings. The van der Waals surface area contributed by atoms with Crippen LogP contribution in [0.1, 0.15) is 0 Å². The van der Waals surface area contributed by atoms with E-state index < -0.39 is 0 Å². The van der Waals surface area contributed by atoms with Crippen molar-refractivity contribution in [2.24, 2.45) is 4.99 Å². The minimum atomic E-state index is 0.738. The summed E-state index contributed by atoms with van der Waals surface area (Å²) in [5.74, 6) is 0. The van der Waals surface area contributed by atoms with E-state index in [-0.39, 0.29) is 0 Å². The molecule has 0 bridgehead atoms. The monoisotopic (exact) mass is 181 g/mol. The van der Waals surface area contributed by atoms with Crippen molar-refractivity contribution >= 4 is 16.8 Å². The number of nitrogens with zero attached hydrogens (tertiary/aromatic N) is 1. The number of ether oxygens (including phenoxy) is 1. The van der Waals surface area contributed by atoms with Gasteiger partial charge in [0.2, 0.25) is 6.23 Å². The molecule has 0 atom stereocenters. The summed E-state index contributed by atoms with van der Waals surface area (Å²) < 4.78 is 5.33. The summed E-state index contributed by atoms with van der Waals surface area (Å²) in [6.07, 6.45) is 6.42. The molecule has 0 aromatic carbocycles. The second-order valence-electron chi connectivity index (χ2n) is 2.33. The predicted octanol–water partition coefficient (Wildman–Crippen LogP) is 1.27. The van der Waals surface area contributed by atoms with Gasteiger partial charge in [0.25, 0.3) is 0 Å². The fourth-order valence-electron chi connectivity index (χ4n) is 0.958. The highest BCUT2D eigenvalue weighted by atomic mass is 32.2. The Bertz CT molecular complexity index is 241. The maximum Gasteiger partial charge on any atom is 0.218 e. The Kier molecular flexibility index (Phi) is 2.60. The van der Waals surface area contributed by atoms with Crippen LogP contribution in [0.2, 0.25) is 0 Å². The second kappa shape index (κ2) is 3.89. The number of allylic oxidation sites excluding steroid dienone is 2. The Morgan fingerprint density at radius 3 is 3.33 bits per heavy atom. The van der Waals surface area contributed by atoms with Crippen molar-refractivity contribution in [3.63, 3.8) is 0 Å². The molecule has 4 heteroatoms. The normalized spacial score (nSPS) is 24.2. The van der Waals surface area contributed by atoms with Gasteiger partial charge in [0, 0.05) is 12.7 Å². The van der Waals surface area contributed by atoms with Gasteiger partial charge in [0.1, 0.15) is 5.04 Å². The number of aliphatic imine (C=N–C) groups is 1. The zero-order chi connectivity index (χ0) is 8.23. The first-order chi connectivity index (χ1) is 5.97. The highest BCUT2D eigenvalue weighted by Gasteiger charge is 2.22. The second-order valence-corrected chi connectivity index (χ2v) is 3.22. The minimum Gasteiger partial charge on any atom is -0.349 e. The van der Waals surface area contributed by atoms with E-state index in [4.69, 9.17) is 4.74 Å².